The summed E-state index contributed by atoms with van der Waals surface area (Å²) in [6, 6.07) is 25.9. The maximum atomic E-state index is 6.05. The molecule has 0 aliphatic rings. The van der Waals surface area contributed by atoms with Crippen molar-refractivity contribution in [3.05, 3.63) is 95.6 Å². The van der Waals surface area contributed by atoms with Crippen molar-refractivity contribution < 1.29 is 9.47 Å². The van der Waals surface area contributed by atoms with Crippen molar-refractivity contribution in [3.8, 4) is 11.5 Å². The Hall–Kier alpha value is -2.91. The summed E-state index contributed by atoms with van der Waals surface area (Å²) in [7, 11) is 0. The van der Waals surface area contributed by atoms with Gasteiger partial charge in [0.1, 0.15) is 24.7 Å². The van der Waals surface area contributed by atoms with Crippen LogP contribution in [-0.2, 0) is 13.2 Å². The van der Waals surface area contributed by atoms with E-state index in [1.165, 1.54) is 0 Å². The molecule has 0 amide bonds. The van der Waals surface area contributed by atoms with Gasteiger partial charge in [-0.05, 0) is 48.0 Å². The third-order valence-electron chi connectivity index (χ3n) is 4.43. The van der Waals surface area contributed by atoms with Crippen LogP contribution in [0.2, 0.25) is 5.02 Å². The van der Waals surface area contributed by atoms with Crippen molar-refractivity contribution in [3.63, 3.8) is 0 Å². The highest BCUT2D eigenvalue weighted by Crippen LogP contribution is 2.27. The quantitative estimate of drug-likeness (QED) is 0.397. The second kappa shape index (κ2) is 8.19. The van der Waals surface area contributed by atoms with E-state index >= 15 is 0 Å². The van der Waals surface area contributed by atoms with Gasteiger partial charge in [-0.3, -0.25) is 0 Å². The Kier molecular flexibility index (Phi) is 5.31. The van der Waals surface area contributed by atoms with Gasteiger partial charge in [0.2, 0.25) is 0 Å². The van der Waals surface area contributed by atoms with Crippen LogP contribution in [0.1, 0.15) is 5.56 Å². The lowest BCUT2D eigenvalue weighted by Gasteiger charge is -2.10. The van der Waals surface area contributed by atoms with Gasteiger partial charge in [0.15, 0.2) is 0 Å². The zero-order chi connectivity index (χ0) is 18.5. The average Bonchev–Trinajstić information content (AvgIpc) is 3.12. The van der Waals surface area contributed by atoms with Crippen LogP contribution in [0.3, 0.4) is 0 Å². The molecule has 4 aromatic rings. The highest BCUT2D eigenvalue weighted by atomic mass is 35.5. The lowest BCUT2D eigenvalue weighted by atomic mass is 10.2. The van der Waals surface area contributed by atoms with Crippen molar-refractivity contribution in [2.45, 2.75) is 13.2 Å². The van der Waals surface area contributed by atoms with Crippen LogP contribution in [0, 0.1) is 0 Å². The zero-order valence-corrected chi connectivity index (χ0v) is 15.6. The van der Waals surface area contributed by atoms with E-state index < -0.39 is 0 Å². The molecule has 136 valence electrons. The number of halogens is 1. The highest BCUT2D eigenvalue weighted by Gasteiger charge is 2.07. The van der Waals surface area contributed by atoms with Crippen molar-refractivity contribution in [2.24, 2.45) is 0 Å². The van der Waals surface area contributed by atoms with E-state index in [1.54, 1.807) is 0 Å². The molecule has 0 spiro atoms. The van der Waals surface area contributed by atoms with Crippen molar-refractivity contribution >= 4 is 22.5 Å². The molecule has 0 saturated heterocycles. The first-order chi connectivity index (χ1) is 13.3. The first-order valence-electron chi connectivity index (χ1n) is 8.92. The molecule has 0 bridgehead atoms. The summed E-state index contributed by atoms with van der Waals surface area (Å²) < 4.78 is 14.0. The predicted molar refractivity (Wildman–Crippen MR) is 110 cm³/mol. The van der Waals surface area contributed by atoms with Gasteiger partial charge in [0, 0.05) is 16.6 Å². The molecule has 0 N–H and O–H groups in total. The topological polar surface area (TPSA) is 23.4 Å². The van der Waals surface area contributed by atoms with Gasteiger partial charge < -0.3 is 14.0 Å². The van der Waals surface area contributed by atoms with E-state index in [4.69, 9.17) is 21.1 Å². The zero-order valence-electron chi connectivity index (χ0n) is 14.8. The Morgan fingerprint density at radius 3 is 2.41 bits per heavy atom. The minimum atomic E-state index is 0.560. The van der Waals surface area contributed by atoms with E-state index in [0.717, 1.165) is 34.5 Å². The van der Waals surface area contributed by atoms with Crippen LogP contribution in [0.15, 0.2) is 85.1 Å². The number of benzene rings is 3. The Morgan fingerprint density at radius 1 is 0.778 bits per heavy atom. The minimum absolute atomic E-state index is 0.560. The first-order valence-corrected chi connectivity index (χ1v) is 9.30. The summed E-state index contributed by atoms with van der Waals surface area (Å²) in [6.45, 7) is 1.90. The van der Waals surface area contributed by atoms with Crippen molar-refractivity contribution in [2.75, 3.05) is 6.61 Å². The molecule has 0 aliphatic heterocycles. The summed E-state index contributed by atoms with van der Waals surface area (Å²) in [6.07, 6.45) is 2.07. The largest absolute Gasteiger partial charge is 0.492 e. The molecule has 1 aromatic heterocycles. The molecule has 3 nitrogen and oxygen atoms in total. The maximum Gasteiger partial charge on any atom is 0.129 e. The Bertz CT molecular complexity index is 1010. The molecule has 0 unspecified atom stereocenters. The fourth-order valence-electron chi connectivity index (χ4n) is 3.04. The van der Waals surface area contributed by atoms with Crippen LogP contribution in [-0.4, -0.2) is 11.2 Å². The summed E-state index contributed by atoms with van der Waals surface area (Å²) in [5.41, 5.74) is 2.30. The smallest absolute Gasteiger partial charge is 0.129 e. The van der Waals surface area contributed by atoms with Gasteiger partial charge in [-0.2, -0.15) is 0 Å². The van der Waals surface area contributed by atoms with Crippen LogP contribution in [0.4, 0.5) is 0 Å². The summed E-state index contributed by atoms with van der Waals surface area (Å²) in [5, 5.41) is 1.82. The maximum absolute atomic E-state index is 6.05. The number of fused-ring (bicyclic) bond motifs is 1. The van der Waals surface area contributed by atoms with Crippen LogP contribution in [0.25, 0.3) is 10.9 Å². The molecule has 3 aromatic carbocycles. The van der Waals surface area contributed by atoms with Crippen molar-refractivity contribution in [1.29, 1.82) is 0 Å². The average molecular weight is 378 g/mol. The van der Waals surface area contributed by atoms with E-state index in [2.05, 4.69) is 35.0 Å². The summed E-state index contributed by atoms with van der Waals surface area (Å²) >= 11 is 5.90. The third-order valence-corrected chi connectivity index (χ3v) is 4.68. The monoisotopic (exact) mass is 377 g/mol. The molecule has 0 aliphatic carbocycles. The number of aromatic nitrogens is 1. The van der Waals surface area contributed by atoms with Gasteiger partial charge in [-0.25, -0.2) is 0 Å². The predicted octanol–water partition coefficient (Wildman–Crippen LogP) is 5.95. The fourth-order valence-corrected chi connectivity index (χ4v) is 3.17. The standard InChI is InChI=1S/C23H20ClNO2/c24-19-9-11-20(12-10-19)26-16-15-25-14-13-21-22(25)7-4-8-23(21)27-17-18-5-2-1-3-6-18/h1-14H,15-17H2. The normalized spacial score (nSPS) is 10.9. The van der Waals surface area contributed by atoms with Crippen LogP contribution < -0.4 is 9.47 Å². The number of hydrogen-bond acceptors (Lipinski definition) is 2. The van der Waals surface area contributed by atoms with E-state index in [0.29, 0.717) is 18.2 Å². The number of hydrogen-bond donors (Lipinski definition) is 0. The number of nitrogens with zero attached hydrogens (tertiary/aromatic N) is 1. The molecular formula is C23H20ClNO2. The second-order valence-electron chi connectivity index (χ2n) is 6.27. The van der Waals surface area contributed by atoms with E-state index in [9.17, 15) is 0 Å². The Labute approximate surface area is 163 Å². The molecule has 4 heteroatoms. The van der Waals surface area contributed by atoms with Gasteiger partial charge in [0.25, 0.3) is 0 Å². The lowest BCUT2D eigenvalue weighted by molar-refractivity contribution is 0.300. The molecule has 0 saturated carbocycles. The van der Waals surface area contributed by atoms with Crippen LogP contribution in [0.5, 0.6) is 11.5 Å². The Balaban J connectivity index is 1.43. The van der Waals surface area contributed by atoms with Crippen LogP contribution >= 0.6 is 11.6 Å². The second-order valence-corrected chi connectivity index (χ2v) is 6.71. The van der Waals surface area contributed by atoms with Gasteiger partial charge in [-0.15, -0.1) is 0 Å². The molecule has 4 rings (SSSR count). The third kappa shape index (κ3) is 4.26. The molecule has 1 heterocycles. The van der Waals surface area contributed by atoms with Gasteiger partial charge in [-0.1, -0.05) is 48.0 Å². The number of ether oxygens (including phenoxy) is 2. The molecule has 0 fully saturated rings. The summed E-state index contributed by atoms with van der Waals surface area (Å²) in [5.74, 6) is 1.72. The molecule has 27 heavy (non-hydrogen) atoms. The van der Waals surface area contributed by atoms with Gasteiger partial charge >= 0.3 is 0 Å². The molecule has 0 atom stereocenters. The molecule has 0 radical (unpaired) electrons. The van der Waals surface area contributed by atoms with E-state index in [1.807, 2.05) is 54.6 Å². The SMILES string of the molecule is Clc1ccc(OCCn2ccc3c(OCc4ccccc4)cccc32)cc1. The Morgan fingerprint density at radius 2 is 1.59 bits per heavy atom. The first kappa shape index (κ1) is 17.5. The van der Waals surface area contributed by atoms with Gasteiger partial charge in [0.05, 0.1) is 12.1 Å². The highest BCUT2D eigenvalue weighted by molar-refractivity contribution is 6.30. The van der Waals surface area contributed by atoms with Crippen molar-refractivity contribution in [1.82, 2.24) is 4.57 Å². The van der Waals surface area contributed by atoms with E-state index in [-0.39, 0.29) is 0 Å². The summed E-state index contributed by atoms with van der Waals surface area (Å²) in [4.78, 5) is 0. The fraction of sp³-hybridized carbons (Fsp3) is 0.130. The minimum Gasteiger partial charge on any atom is -0.492 e. The lowest BCUT2D eigenvalue weighted by Crippen LogP contribution is -2.07. The molecular weight excluding hydrogens is 358 g/mol. The number of rotatable bonds is 7.